The molecule has 5 nitrogen and oxygen atoms in total. The lowest BCUT2D eigenvalue weighted by Crippen LogP contribution is -2.20. The van der Waals surface area contributed by atoms with E-state index in [2.05, 4.69) is 26.8 Å². The molecule has 2 N–H and O–H groups in total. The van der Waals surface area contributed by atoms with E-state index in [1.165, 1.54) is 24.3 Å². The third-order valence-corrected chi connectivity index (χ3v) is 4.99. The maximum absolute atomic E-state index is 11.7. The Morgan fingerprint density at radius 3 is 3.00 bits per heavy atom. The Hall–Kier alpha value is -1.27. The molecule has 22 heavy (non-hydrogen) atoms. The van der Waals surface area contributed by atoms with E-state index in [-0.39, 0.29) is 5.56 Å². The van der Waals surface area contributed by atoms with Crippen LogP contribution in [-0.2, 0) is 6.54 Å². The number of aromatic nitrogens is 3. The van der Waals surface area contributed by atoms with Crippen molar-refractivity contribution < 1.29 is 0 Å². The van der Waals surface area contributed by atoms with E-state index >= 15 is 0 Å². The molecule has 2 aromatic heterocycles. The zero-order valence-electron chi connectivity index (χ0n) is 13.7. The highest BCUT2D eigenvalue weighted by Gasteiger charge is 2.23. The molecule has 6 heteroatoms. The molecule has 0 radical (unpaired) electrons. The highest BCUT2D eigenvalue weighted by atomic mass is 32.2. The van der Waals surface area contributed by atoms with Crippen molar-refractivity contribution in [2.75, 3.05) is 24.6 Å². The van der Waals surface area contributed by atoms with Gasteiger partial charge in [-0.2, -0.15) is 11.8 Å². The number of aromatic amines is 2. The van der Waals surface area contributed by atoms with Crippen molar-refractivity contribution in [2.45, 2.75) is 33.7 Å². The van der Waals surface area contributed by atoms with Crippen molar-refractivity contribution in [2.24, 2.45) is 5.92 Å². The fourth-order valence-electron chi connectivity index (χ4n) is 2.84. The largest absolute Gasteiger partial charge is 0.355 e. The smallest absolute Gasteiger partial charge is 0.275 e. The number of hydrogen-bond acceptors (Lipinski definition) is 4. The molecule has 2 aromatic rings. The van der Waals surface area contributed by atoms with Crippen molar-refractivity contribution in [1.82, 2.24) is 19.9 Å². The standard InChI is InChI=1S/C14H20N4OS.C2H6/c1-2-20-8-10-3-4-18(6-10)7-11-5-15-13-12(11)16-9-17-14(13)19;1-2/h5,9-10,15H,2-4,6-8H2,1H3,(H,16,17,19);1-2H3/t10-;/m1./s1. The second-order valence-electron chi connectivity index (χ2n) is 5.32. The van der Waals surface area contributed by atoms with Crippen LogP contribution in [0, 0.1) is 5.92 Å². The third-order valence-electron chi connectivity index (χ3n) is 3.87. The molecule has 0 spiro atoms. The van der Waals surface area contributed by atoms with Gasteiger partial charge in [0.25, 0.3) is 5.56 Å². The molecule has 1 fully saturated rings. The molecule has 0 amide bonds. The Morgan fingerprint density at radius 1 is 1.41 bits per heavy atom. The molecule has 1 saturated heterocycles. The van der Waals surface area contributed by atoms with Gasteiger partial charge < -0.3 is 9.97 Å². The van der Waals surface area contributed by atoms with Crippen LogP contribution in [0.2, 0.25) is 0 Å². The first-order valence-corrected chi connectivity index (χ1v) is 9.27. The summed E-state index contributed by atoms with van der Waals surface area (Å²) in [5, 5.41) is 0. The summed E-state index contributed by atoms with van der Waals surface area (Å²) in [5.41, 5.74) is 2.41. The van der Waals surface area contributed by atoms with Crippen LogP contribution in [-0.4, -0.2) is 44.4 Å². The lowest BCUT2D eigenvalue weighted by atomic mass is 10.2. The van der Waals surface area contributed by atoms with E-state index in [9.17, 15) is 4.79 Å². The summed E-state index contributed by atoms with van der Waals surface area (Å²) in [6.07, 6.45) is 4.68. The number of nitrogens with zero attached hydrogens (tertiary/aromatic N) is 2. The van der Waals surface area contributed by atoms with Gasteiger partial charge in [0.1, 0.15) is 5.52 Å². The topological polar surface area (TPSA) is 64.8 Å². The molecule has 122 valence electrons. The summed E-state index contributed by atoms with van der Waals surface area (Å²) in [7, 11) is 0. The zero-order chi connectivity index (χ0) is 15.9. The van der Waals surface area contributed by atoms with Crippen LogP contribution < -0.4 is 5.56 Å². The summed E-state index contributed by atoms with van der Waals surface area (Å²) in [5.74, 6) is 3.27. The lowest BCUT2D eigenvalue weighted by molar-refractivity contribution is 0.322. The van der Waals surface area contributed by atoms with Crippen LogP contribution in [0.5, 0.6) is 0 Å². The molecule has 1 aliphatic heterocycles. The van der Waals surface area contributed by atoms with Crippen molar-refractivity contribution in [1.29, 1.82) is 0 Å². The number of fused-ring (bicyclic) bond motifs is 1. The normalized spacial score (nSPS) is 18.4. The number of nitrogens with one attached hydrogen (secondary N) is 2. The van der Waals surface area contributed by atoms with E-state index in [1.54, 1.807) is 0 Å². The highest BCUT2D eigenvalue weighted by molar-refractivity contribution is 7.99. The Kier molecular flexibility index (Phi) is 6.51. The average Bonchev–Trinajstić information content (AvgIpc) is 3.16. The SMILES string of the molecule is CC.CCSC[C@@H]1CCN(Cc2c[nH]c3c(=O)[nH]cnc23)C1. The van der Waals surface area contributed by atoms with E-state index in [1.807, 2.05) is 31.8 Å². The lowest BCUT2D eigenvalue weighted by Gasteiger charge is -2.15. The fourth-order valence-corrected chi connectivity index (χ4v) is 3.68. The van der Waals surface area contributed by atoms with Crippen LogP contribution >= 0.6 is 11.8 Å². The number of thioether (sulfide) groups is 1. The van der Waals surface area contributed by atoms with Gasteiger partial charge in [-0.3, -0.25) is 9.69 Å². The Morgan fingerprint density at radius 2 is 2.23 bits per heavy atom. The molecule has 1 aliphatic rings. The number of likely N-dealkylation sites (tertiary alicyclic amines) is 1. The predicted octanol–water partition coefficient (Wildman–Crippen LogP) is 2.85. The highest BCUT2D eigenvalue weighted by Crippen LogP contribution is 2.23. The van der Waals surface area contributed by atoms with Crippen molar-refractivity contribution >= 4 is 22.8 Å². The molecule has 0 aliphatic carbocycles. The minimum atomic E-state index is -0.0973. The van der Waals surface area contributed by atoms with Crippen LogP contribution in [0.4, 0.5) is 0 Å². The molecule has 3 rings (SSSR count). The molecular weight excluding hydrogens is 296 g/mol. The van der Waals surface area contributed by atoms with Crippen LogP contribution in [0.25, 0.3) is 11.0 Å². The Bertz CT molecular complexity index is 636. The second-order valence-corrected chi connectivity index (χ2v) is 6.64. The summed E-state index contributed by atoms with van der Waals surface area (Å²) >= 11 is 2.03. The summed E-state index contributed by atoms with van der Waals surface area (Å²) in [6, 6.07) is 0. The summed E-state index contributed by atoms with van der Waals surface area (Å²) in [4.78, 5) is 24.1. The van der Waals surface area contributed by atoms with E-state index in [0.29, 0.717) is 5.52 Å². The molecule has 0 saturated carbocycles. The second kappa shape index (κ2) is 8.39. The average molecular weight is 322 g/mol. The molecule has 0 aromatic carbocycles. The Labute approximate surface area is 135 Å². The van der Waals surface area contributed by atoms with Gasteiger partial charge in [-0.05, 0) is 30.4 Å². The maximum Gasteiger partial charge on any atom is 0.275 e. The number of hydrogen-bond donors (Lipinski definition) is 2. The number of rotatable bonds is 5. The van der Waals surface area contributed by atoms with Gasteiger partial charge in [-0.1, -0.05) is 20.8 Å². The van der Waals surface area contributed by atoms with Gasteiger partial charge in [0.15, 0.2) is 0 Å². The van der Waals surface area contributed by atoms with Crippen LogP contribution in [0.3, 0.4) is 0 Å². The predicted molar refractivity (Wildman–Crippen MR) is 94.4 cm³/mol. The van der Waals surface area contributed by atoms with Crippen molar-refractivity contribution in [3.8, 4) is 0 Å². The Balaban J connectivity index is 0.000000847. The molecule has 1 atom stereocenters. The minimum Gasteiger partial charge on any atom is -0.355 e. The minimum absolute atomic E-state index is 0.0973. The van der Waals surface area contributed by atoms with Gasteiger partial charge in [0.05, 0.1) is 11.8 Å². The first-order chi connectivity index (χ1) is 10.8. The van der Waals surface area contributed by atoms with Crippen molar-refractivity contribution in [3.05, 3.63) is 28.4 Å². The molecule has 3 heterocycles. The van der Waals surface area contributed by atoms with Gasteiger partial charge >= 0.3 is 0 Å². The quantitative estimate of drug-likeness (QED) is 0.888. The maximum atomic E-state index is 11.7. The summed E-state index contributed by atoms with van der Waals surface area (Å²) < 4.78 is 0. The number of H-pyrrole nitrogens is 2. The van der Waals surface area contributed by atoms with Crippen molar-refractivity contribution in [3.63, 3.8) is 0 Å². The van der Waals surface area contributed by atoms with E-state index in [0.717, 1.165) is 36.6 Å². The van der Waals surface area contributed by atoms with Gasteiger partial charge in [0, 0.05) is 24.8 Å². The van der Waals surface area contributed by atoms with Gasteiger partial charge in [-0.25, -0.2) is 4.98 Å². The fraction of sp³-hybridized carbons (Fsp3) is 0.625. The first kappa shape index (κ1) is 17.1. The molecule has 0 unspecified atom stereocenters. The monoisotopic (exact) mass is 322 g/mol. The third kappa shape index (κ3) is 3.93. The summed E-state index contributed by atoms with van der Waals surface area (Å²) in [6.45, 7) is 9.39. The zero-order valence-corrected chi connectivity index (χ0v) is 14.5. The van der Waals surface area contributed by atoms with E-state index in [4.69, 9.17) is 0 Å². The van der Waals surface area contributed by atoms with Gasteiger partial charge in [0.2, 0.25) is 0 Å². The van der Waals surface area contributed by atoms with E-state index < -0.39 is 0 Å². The first-order valence-electron chi connectivity index (χ1n) is 8.11. The van der Waals surface area contributed by atoms with Crippen LogP contribution in [0.15, 0.2) is 17.3 Å². The van der Waals surface area contributed by atoms with Gasteiger partial charge in [-0.15, -0.1) is 0 Å². The molecular formula is C16H26N4OS. The van der Waals surface area contributed by atoms with Crippen LogP contribution in [0.1, 0.15) is 32.8 Å². The molecule has 0 bridgehead atoms.